The first-order chi connectivity index (χ1) is 33.2. The molecule has 0 bridgehead atoms. The van der Waals surface area contributed by atoms with Gasteiger partial charge < -0.3 is 50.1 Å². The van der Waals surface area contributed by atoms with E-state index < -0.39 is 42.3 Å². The minimum Gasteiger partial charge on any atom is -0.493 e. The number of aliphatic imine (C=N–C) groups is 1. The summed E-state index contributed by atoms with van der Waals surface area (Å²) in [5.41, 5.74) is 9.95. The highest BCUT2D eigenvalue weighted by molar-refractivity contribution is 6.15. The molecule has 1 saturated heterocycles. The van der Waals surface area contributed by atoms with Crippen LogP contribution >= 0.6 is 0 Å². The van der Waals surface area contributed by atoms with Gasteiger partial charge >= 0.3 is 6.09 Å². The normalized spacial score (nSPS) is 20.1. The number of amides is 5. The molecule has 5 N–H and O–H groups in total. The van der Waals surface area contributed by atoms with Crippen molar-refractivity contribution in [3.8, 4) is 23.0 Å². The van der Waals surface area contributed by atoms with Crippen molar-refractivity contribution in [1.82, 2.24) is 10.2 Å². The van der Waals surface area contributed by atoms with E-state index in [-0.39, 0.29) is 71.8 Å². The second kappa shape index (κ2) is 19.1. The van der Waals surface area contributed by atoms with Crippen molar-refractivity contribution >= 4 is 58.7 Å². The molecule has 362 valence electrons. The largest absolute Gasteiger partial charge is 0.493 e. The molecular weight excluding hydrogens is 887 g/mol. The van der Waals surface area contributed by atoms with E-state index in [2.05, 4.69) is 10.6 Å². The number of aliphatic hydroxyl groups is 1. The molecule has 5 amide bonds. The maximum absolute atomic E-state index is 14.3. The van der Waals surface area contributed by atoms with Gasteiger partial charge in [0.25, 0.3) is 11.8 Å². The van der Waals surface area contributed by atoms with Crippen molar-refractivity contribution in [2.75, 3.05) is 49.1 Å². The van der Waals surface area contributed by atoms with Gasteiger partial charge in [0.1, 0.15) is 12.6 Å². The maximum Gasteiger partial charge on any atom is 0.416 e. The molecule has 1 aliphatic carbocycles. The zero-order chi connectivity index (χ0) is 48.7. The summed E-state index contributed by atoms with van der Waals surface area (Å²) >= 11 is 0. The van der Waals surface area contributed by atoms with E-state index >= 15 is 0 Å². The van der Waals surface area contributed by atoms with Gasteiger partial charge in [-0.3, -0.25) is 29.1 Å². The number of nitrogens with one attached hydrogen (secondary N) is 2. The Balaban J connectivity index is 0.870. The second-order valence-electron chi connectivity index (χ2n) is 18.7. The molecule has 69 heavy (non-hydrogen) atoms. The number of carbonyl (C=O) groups excluding carboxylic acids is 5. The minimum atomic E-state index is -1.43. The highest BCUT2D eigenvalue weighted by atomic mass is 16.6. The molecule has 1 saturated carbocycles. The first kappa shape index (κ1) is 46.9. The number of nitrogens with two attached hydrogens (primary N) is 1. The lowest BCUT2D eigenvalue weighted by Gasteiger charge is -2.31. The summed E-state index contributed by atoms with van der Waals surface area (Å²) in [6.07, 6.45) is 2.92. The molecule has 0 aromatic heterocycles. The fourth-order valence-electron chi connectivity index (χ4n) is 9.43. The molecule has 5 aliphatic rings. The zero-order valence-electron chi connectivity index (χ0n) is 39.2. The number of carbonyl (C=O) groups is 5. The van der Waals surface area contributed by atoms with Gasteiger partial charge in [0.05, 0.1) is 68.1 Å². The van der Waals surface area contributed by atoms with Gasteiger partial charge in [0.2, 0.25) is 11.8 Å². The number of methoxy groups -OCH3 is 2. The van der Waals surface area contributed by atoms with Crippen LogP contribution in [0.5, 0.6) is 23.0 Å². The third-order valence-corrected chi connectivity index (χ3v) is 13.6. The molecule has 2 fully saturated rings. The molecule has 5 atom stereocenters. The highest BCUT2D eigenvalue weighted by Crippen LogP contribution is 2.57. The van der Waals surface area contributed by atoms with E-state index in [0.717, 1.165) is 29.0 Å². The Morgan fingerprint density at radius 2 is 1.54 bits per heavy atom. The Labute approximate surface area is 399 Å². The van der Waals surface area contributed by atoms with E-state index in [1.807, 2.05) is 38.1 Å². The Morgan fingerprint density at radius 3 is 2.22 bits per heavy atom. The van der Waals surface area contributed by atoms with Crippen molar-refractivity contribution < 1.29 is 52.8 Å². The van der Waals surface area contributed by atoms with Crippen molar-refractivity contribution in [3.63, 3.8) is 0 Å². The van der Waals surface area contributed by atoms with E-state index in [1.165, 1.54) is 26.4 Å². The number of hydrogen-bond donors (Lipinski definition) is 4. The third kappa shape index (κ3) is 9.25. The van der Waals surface area contributed by atoms with Gasteiger partial charge in [-0.05, 0) is 79.0 Å². The number of para-hydroxylation sites is 1. The van der Waals surface area contributed by atoms with Crippen LogP contribution in [0.15, 0.2) is 77.8 Å². The Morgan fingerprint density at radius 1 is 0.855 bits per heavy atom. The van der Waals surface area contributed by atoms with Crippen LogP contribution in [0, 0.1) is 11.3 Å². The van der Waals surface area contributed by atoms with Crippen molar-refractivity contribution in [2.24, 2.45) is 22.1 Å². The molecular formula is C51H57N7O11. The number of nitrogens with zero attached hydrogens (tertiary/aromatic N) is 4. The maximum atomic E-state index is 14.3. The smallest absolute Gasteiger partial charge is 0.416 e. The number of hydrogen-bond acceptors (Lipinski definition) is 13. The zero-order valence-corrected chi connectivity index (χ0v) is 39.2. The number of fused-ring (bicyclic) bond motifs is 6. The summed E-state index contributed by atoms with van der Waals surface area (Å²) in [5.74, 6) is -0.205. The monoisotopic (exact) mass is 943 g/mol. The summed E-state index contributed by atoms with van der Waals surface area (Å²) in [7, 11) is 2.96. The van der Waals surface area contributed by atoms with Crippen LogP contribution in [-0.4, -0.2) is 110 Å². The molecule has 18 heteroatoms. The fraction of sp³-hybridized carbons (Fsp3) is 0.412. The summed E-state index contributed by atoms with van der Waals surface area (Å²) < 4.78 is 29.6. The molecule has 1 spiro atoms. The van der Waals surface area contributed by atoms with Crippen LogP contribution in [0.2, 0.25) is 0 Å². The predicted molar refractivity (Wildman–Crippen MR) is 256 cm³/mol. The molecule has 9 rings (SSSR count). The van der Waals surface area contributed by atoms with Gasteiger partial charge in [0, 0.05) is 49.1 Å². The lowest BCUT2D eigenvalue weighted by atomic mass is 10.0. The first-order valence-electron chi connectivity index (χ1n) is 23.2. The lowest BCUT2D eigenvalue weighted by Crippen LogP contribution is -2.50. The standard InChI is InChI=1S/C51H57N7O11/c1-28(2)44(52)46(60)54-29(3)45(59)55-32-13-11-30(12-14-32)26-69-50(64)58-38-23-43(41(66-5)21-35(38)47(61)56-27-51(15-16-51)24-39(56)49(58)63)68-18-8-17-67-42-22-36-34(20-40(42)65-4)48(62)57-33(25-53-36)19-31-9-6-7-10-37(31)57/h6-7,9-14,20-23,25,28-29,33,39,44,49,63H,8,15-19,24,26-27,52H2,1-5H3,(H,54,60)(H,55,59)/t29-,33-,39-,44-,49?/m0/s1. The van der Waals surface area contributed by atoms with Crippen LogP contribution < -0.4 is 45.1 Å². The summed E-state index contributed by atoms with van der Waals surface area (Å²) in [6, 6.07) is 18.4. The molecule has 0 radical (unpaired) electrons. The van der Waals surface area contributed by atoms with Gasteiger partial charge in [-0.1, -0.05) is 44.2 Å². The van der Waals surface area contributed by atoms with E-state index in [4.69, 9.17) is 34.4 Å². The van der Waals surface area contributed by atoms with E-state index in [0.29, 0.717) is 59.8 Å². The number of anilines is 3. The van der Waals surface area contributed by atoms with Gasteiger partial charge in [-0.2, -0.15) is 0 Å². The Hall–Kier alpha value is -7.18. The molecule has 4 aliphatic heterocycles. The van der Waals surface area contributed by atoms with Gasteiger partial charge in [-0.25, -0.2) is 9.69 Å². The van der Waals surface area contributed by atoms with Crippen LogP contribution in [0.3, 0.4) is 0 Å². The number of benzene rings is 4. The Bertz CT molecular complexity index is 2700. The number of aliphatic hydroxyl groups excluding tert-OH is 1. The number of rotatable bonds is 15. The predicted octanol–water partition coefficient (Wildman–Crippen LogP) is 5.74. The summed E-state index contributed by atoms with van der Waals surface area (Å²) in [6.45, 7) is 5.79. The van der Waals surface area contributed by atoms with Crippen LogP contribution in [0.25, 0.3) is 0 Å². The SMILES string of the molecule is COc1cc2c(cc1OCCCOc1cc3c(cc1OC)C(=O)N1CC4(CC4)C[C@H]1C(O)N3C(=O)OCc1ccc(NC(=O)[C@H](C)NC(=O)[C@@H](N)C(C)C)cc1)N=C[C@@H]1Cc3ccccc3N1C2=O. The quantitative estimate of drug-likeness (QED) is 0.105. The van der Waals surface area contributed by atoms with Gasteiger partial charge in [0.15, 0.2) is 29.2 Å². The summed E-state index contributed by atoms with van der Waals surface area (Å²) in [4.78, 5) is 76.8. The third-order valence-electron chi connectivity index (χ3n) is 13.6. The summed E-state index contributed by atoms with van der Waals surface area (Å²) in [5, 5.41) is 17.4. The van der Waals surface area contributed by atoms with Crippen molar-refractivity contribution in [2.45, 2.75) is 89.9 Å². The van der Waals surface area contributed by atoms with Crippen LogP contribution in [-0.2, 0) is 27.4 Å². The van der Waals surface area contributed by atoms with E-state index in [9.17, 15) is 29.1 Å². The highest BCUT2D eigenvalue weighted by Gasteiger charge is 2.58. The lowest BCUT2D eigenvalue weighted by molar-refractivity contribution is -0.127. The van der Waals surface area contributed by atoms with Gasteiger partial charge in [-0.15, -0.1) is 0 Å². The topological polar surface area (TPSA) is 224 Å². The van der Waals surface area contributed by atoms with Crippen molar-refractivity contribution in [1.29, 1.82) is 0 Å². The average molecular weight is 944 g/mol. The first-order valence-corrected chi connectivity index (χ1v) is 23.2. The van der Waals surface area contributed by atoms with Crippen molar-refractivity contribution in [3.05, 3.63) is 95.1 Å². The second-order valence-corrected chi connectivity index (χ2v) is 18.7. The molecule has 18 nitrogen and oxygen atoms in total. The molecule has 1 unspecified atom stereocenters. The Kier molecular flexibility index (Phi) is 13.0. The minimum absolute atomic E-state index is 0.0949. The van der Waals surface area contributed by atoms with Crippen LogP contribution in [0.1, 0.15) is 78.3 Å². The molecule has 4 heterocycles. The molecule has 4 aromatic carbocycles. The number of ether oxygens (including phenoxy) is 5. The van der Waals surface area contributed by atoms with Crippen LogP contribution in [0.4, 0.5) is 27.5 Å². The molecule has 4 aromatic rings. The van der Waals surface area contributed by atoms with E-state index in [1.54, 1.807) is 59.3 Å². The average Bonchev–Trinajstić information content (AvgIpc) is 3.90. The fourth-order valence-corrected chi connectivity index (χ4v) is 9.43.